The summed E-state index contributed by atoms with van der Waals surface area (Å²) in [6.45, 7) is 5.68. The average Bonchev–Trinajstić information content (AvgIpc) is 2.78. The minimum Gasteiger partial charge on any atom is -0.476 e. The third kappa shape index (κ3) is 5.99. The molecule has 0 radical (unpaired) electrons. The lowest BCUT2D eigenvalue weighted by molar-refractivity contribution is -0.127. The van der Waals surface area contributed by atoms with Gasteiger partial charge in [-0.3, -0.25) is 14.0 Å². The van der Waals surface area contributed by atoms with Crippen LogP contribution in [0.2, 0.25) is 5.02 Å². The van der Waals surface area contributed by atoms with Crippen LogP contribution in [0.15, 0.2) is 42.5 Å². The smallest absolute Gasteiger partial charge is 0.263 e. The maximum atomic E-state index is 12.9. The van der Waals surface area contributed by atoms with Gasteiger partial charge in [-0.2, -0.15) is 0 Å². The molecule has 0 spiro atoms. The summed E-state index contributed by atoms with van der Waals surface area (Å²) in [5.74, 6) is 0.751. The molecule has 0 aromatic heterocycles. The Morgan fingerprint density at radius 3 is 2.61 bits per heavy atom. The second-order valence-electron chi connectivity index (χ2n) is 9.01. The fourth-order valence-electron chi connectivity index (χ4n) is 4.29. The van der Waals surface area contributed by atoms with Gasteiger partial charge in [0.1, 0.15) is 5.75 Å². The molecule has 1 amide bonds. The molecular formula is C24H30ClN3O4S. The predicted octanol–water partition coefficient (Wildman–Crippen LogP) is 3.42. The second-order valence-corrected chi connectivity index (χ2v) is 11.4. The van der Waals surface area contributed by atoms with Crippen molar-refractivity contribution in [1.29, 1.82) is 0 Å². The summed E-state index contributed by atoms with van der Waals surface area (Å²) in [5.41, 5.74) is 2.56. The fourth-order valence-corrected chi connectivity index (χ4v) is 5.37. The van der Waals surface area contributed by atoms with Gasteiger partial charge in [-0.25, -0.2) is 8.42 Å². The van der Waals surface area contributed by atoms with Gasteiger partial charge in [0, 0.05) is 18.1 Å². The fraction of sp³-hybridized carbons (Fsp3) is 0.458. The van der Waals surface area contributed by atoms with Crippen LogP contribution in [0.4, 0.5) is 5.69 Å². The minimum atomic E-state index is -3.60. The summed E-state index contributed by atoms with van der Waals surface area (Å²) in [7, 11) is -3.60. The van der Waals surface area contributed by atoms with Gasteiger partial charge in [0.25, 0.3) is 5.91 Å². The average molecular weight is 492 g/mol. The van der Waals surface area contributed by atoms with Crippen LogP contribution in [-0.2, 0) is 27.9 Å². The molecule has 1 N–H and O–H groups in total. The van der Waals surface area contributed by atoms with E-state index in [1.165, 1.54) is 28.8 Å². The molecule has 1 saturated heterocycles. The van der Waals surface area contributed by atoms with Crippen molar-refractivity contribution in [1.82, 2.24) is 10.2 Å². The van der Waals surface area contributed by atoms with Crippen LogP contribution in [0, 0.1) is 5.92 Å². The highest BCUT2D eigenvalue weighted by atomic mass is 35.5. The van der Waals surface area contributed by atoms with E-state index in [2.05, 4.69) is 29.3 Å². The Labute approximate surface area is 200 Å². The molecule has 2 aliphatic heterocycles. The molecule has 2 aliphatic rings. The number of sulfonamides is 1. The molecule has 0 saturated carbocycles. The van der Waals surface area contributed by atoms with E-state index in [0.29, 0.717) is 23.0 Å². The summed E-state index contributed by atoms with van der Waals surface area (Å²) in [6, 6.07) is 12.9. The summed E-state index contributed by atoms with van der Waals surface area (Å²) in [4.78, 5) is 15.3. The number of nitrogens with one attached hydrogen (secondary N) is 1. The lowest BCUT2D eigenvalue weighted by Gasteiger charge is -2.34. The van der Waals surface area contributed by atoms with Gasteiger partial charge in [0.05, 0.1) is 18.5 Å². The van der Waals surface area contributed by atoms with Gasteiger partial charge < -0.3 is 10.1 Å². The first-order valence-electron chi connectivity index (χ1n) is 11.2. The zero-order valence-corrected chi connectivity index (χ0v) is 20.5. The first kappa shape index (κ1) is 23.9. The van der Waals surface area contributed by atoms with Gasteiger partial charge in [-0.15, -0.1) is 0 Å². The normalized spacial score (nSPS) is 19.6. The number of anilines is 1. The highest BCUT2D eigenvalue weighted by molar-refractivity contribution is 7.92. The van der Waals surface area contributed by atoms with Crippen LogP contribution in [0.3, 0.4) is 0 Å². The van der Waals surface area contributed by atoms with E-state index < -0.39 is 16.1 Å². The van der Waals surface area contributed by atoms with Crippen LogP contribution < -0.4 is 14.4 Å². The van der Waals surface area contributed by atoms with Gasteiger partial charge in [-0.05, 0) is 61.2 Å². The van der Waals surface area contributed by atoms with Crippen LogP contribution in [-0.4, -0.2) is 51.2 Å². The summed E-state index contributed by atoms with van der Waals surface area (Å²) < 4.78 is 31.6. The number of hydrogen-bond donors (Lipinski definition) is 1. The quantitative estimate of drug-likeness (QED) is 0.670. The molecule has 0 aliphatic carbocycles. The van der Waals surface area contributed by atoms with Gasteiger partial charge in [0.2, 0.25) is 10.0 Å². The van der Waals surface area contributed by atoms with Crippen LogP contribution in [0.1, 0.15) is 30.9 Å². The molecule has 0 bridgehead atoms. The predicted molar refractivity (Wildman–Crippen MR) is 130 cm³/mol. The molecule has 2 heterocycles. The molecule has 1 fully saturated rings. The third-order valence-corrected chi connectivity index (χ3v) is 7.61. The number of benzene rings is 2. The van der Waals surface area contributed by atoms with Crippen molar-refractivity contribution in [2.45, 2.75) is 39.0 Å². The maximum Gasteiger partial charge on any atom is 0.263 e. The number of fused-ring (bicyclic) bond motifs is 1. The number of hydrogen-bond acceptors (Lipinski definition) is 5. The molecule has 33 heavy (non-hydrogen) atoms. The maximum absolute atomic E-state index is 12.9. The van der Waals surface area contributed by atoms with E-state index in [-0.39, 0.29) is 12.5 Å². The summed E-state index contributed by atoms with van der Waals surface area (Å²) >= 11 is 6.03. The molecule has 1 atom stereocenters. The van der Waals surface area contributed by atoms with Crippen molar-refractivity contribution in [3.63, 3.8) is 0 Å². The number of ether oxygens (including phenoxy) is 1. The standard InChI is InChI=1S/C24H30ClN3O4S/c1-17-8-10-27(11-9-17)15-19-5-3-4-18(12-19)14-26-24(29)23-16-28(33(2,30)31)21-13-20(25)6-7-22(21)32-23/h3-7,12-13,17,23H,8-11,14-16H2,1-2H3,(H,26,29). The highest BCUT2D eigenvalue weighted by Gasteiger charge is 2.35. The molecule has 7 nitrogen and oxygen atoms in total. The SMILES string of the molecule is CC1CCN(Cc2cccc(CNC(=O)C3CN(S(C)(=O)=O)c4cc(Cl)ccc4O3)c2)CC1. The van der Waals surface area contributed by atoms with Crippen molar-refractivity contribution < 1.29 is 17.9 Å². The van der Waals surface area contributed by atoms with E-state index in [1.807, 2.05) is 12.1 Å². The largest absolute Gasteiger partial charge is 0.476 e. The topological polar surface area (TPSA) is 79.0 Å². The van der Waals surface area contributed by atoms with Crippen LogP contribution in [0.25, 0.3) is 0 Å². The van der Waals surface area contributed by atoms with E-state index in [0.717, 1.165) is 37.4 Å². The number of rotatable bonds is 6. The Hall–Kier alpha value is -2.29. The number of piperidine rings is 1. The first-order valence-corrected chi connectivity index (χ1v) is 13.4. The summed E-state index contributed by atoms with van der Waals surface area (Å²) in [5, 5.41) is 3.29. The van der Waals surface area contributed by atoms with E-state index in [4.69, 9.17) is 16.3 Å². The van der Waals surface area contributed by atoms with Crippen molar-refractivity contribution in [3.05, 3.63) is 58.6 Å². The number of carbonyl (C=O) groups is 1. The van der Waals surface area contributed by atoms with Gasteiger partial charge in [0.15, 0.2) is 6.10 Å². The number of halogens is 1. The Morgan fingerprint density at radius 2 is 1.88 bits per heavy atom. The molecule has 9 heteroatoms. The van der Waals surface area contributed by atoms with Gasteiger partial charge >= 0.3 is 0 Å². The lowest BCUT2D eigenvalue weighted by atomic mass is 9.98. The number of amides is 1. The van der Waals surface area contributed by atoms with E-state index >= 15 is 0 Å². The Bertz CT molecular complexity index is 1120. The highest BCUT2D eigenvalue weighted by Crippen LogP contribution is 2.37. The number of likely N-dealkylation sites (tertiary alicyclic amines) is 1. The zero-order valence-electron chi connectivity index (χ0n) is 19.0. The van der Waals surface area contributed by atoms with Crippen molar-refractivity contribution in [2.24, 2.45) is 5.92 Å². The monoisotopic (exact) mass is 491 g/mol. The number of nitrogens with zero attached hydrogens (tertiary/aromatic N) is 2. The van der Waals surface area contributed by atoms with Gasteiger partial charge in [-0.1, -0.05) is 42.8 Å². The molecule has 1 unspecified atom stereocenters. The lowest BCUT2D eigenvalue weighted by Crippen LogP contribution is -2.50. The second kappa shape index (κ2) is 9.91. The first-order chi connectivity index (χ1) is 15.7. The Balaban J connectivity index is 1.39. The van der Waals surface area contributed by atoms with Crippen molar-refractivity contribution >= 4 is 33.2 Å². The van der Waals surface area contributed by atoms with E-state index in [9.17, 15) is 13.2 Å². The molecule has 178 valence electrons. The number of carbonyl (C=O) groups excluding carboxylic acids is 1. The molecule has 2 aromatic rings. The molecule has 2 aromatic carbocycles. The molecule has 4 rings (SSSR count). The Morgan fingerprint density at radius 1 is 1.15 bits per heavy atom. The van der Waals surface area contributed by atoms with Crippen LogP contribution >= 0.6 is 11.6 Å². The minimum absolute atomic E-state index is 0.106. The van der Waals surface area contributed by atoms with E-state index in [1.54, 1.807) is 12.1 Å². The Kier molecular flexibility index (Phi) is 7.16. The summed E-state index contributed by atoms with van der Waals surface area (Å²) in [6.07, 6.45) is 2.62. The third-order valence-electron chi connectivity index (χ3n) is 6.22. The zero-order chi connectivity index (χ0) is 23.6. The molecular weight excluding hydrogens is 462 g/mol. The van der Waals surface area contributed by atoms with Crippen molar-refractivity contribution in [3.8, 4) is 5.75 Å². The van der Waals surface area contributed by atoms with Crippen LogP contribution in [0.5, 0.6) is 5.75 Å². The van der Waals surface area contributed by atoms with Crippen molar-refractivity contribution in [2.75, 3.05) is 30.2 Å².